The molecule has 0 aliphatic carbocycles. The van der Waals surface area contributed by atoms with Crippen LogP contribution in [0.3, 0.4) is 0 Å². The number of nitrogens with zero attached hydrogens (tertiary/aromatic N) is 4. The minimum absolute atomic E-state index is 0.687. The van der Waals surface area contributed by atoms with Gasteiger partial charge >= 0.3 is 0 Å². The van der Waals surface area contributed by atoms with Crippen molar-refractivity contribution in [2.75, 3.05) is 20.3 Å². The van der Waals surface area contributed by atoms with Crippen molar-refractivity contribution < 1.29 is 4.74 Å². The molecule has 1 aromatic carbocycles. The Labute approximate surface area is 120 Å². The van der Waals surface area contributed by atoms with Crippen LogP contribution in [0.15, 0.2) is 29.9 Å². The lowest BCUT2D eigenvalue weighted by atomic mass is 10.3. The van der Waals surface area contributed by atoms with Crippen LogP contribution in [0, 0.1) is 0 Å². The molecule has 20 heavy (non-hydrogen) atoms. The zero-order valence-corrected chi connectivity index (χ0v) is 11.9. The van der Waals surface area contributed by atoms with Crippen LogP contribution in [-0.2, 0) is 11.3 Å². The summed E-state index contributed by atoms with van der Waals surface area (Å²) >= 11 is 1.62. The highest BCUT2D eigenvalue weighted by molar-refractivity contribution is 7.16. The van der Waals surface area contributed by atoms with Crippen LogP contribution in [0.4, 0.5) is 0 Å². The third-order valence-corrected chi connectivity index (χ3v) is 3.70. The highest BCUT2D eigenvalue weighted by Crippen LogP contribution is 2.20. The highest BCUT2D eigenvalue weighted by atomic mass is 32.1. The Balaban J connectivity index is 1.72. The van der Waals surface area contributed by atoms with E-state index in [0.717, 1.165) is 28.1 Å². The van der Waals surface area contributed by atoms with Crippen LogP contribution in [-0.4, -0.2) is 40.2 Å². The molecule has 0 saturated carbocycles. The minimum atomic E-state index is 0.687. The highest BCUT2D eigenvalue weighted by Gasteiger charge is 2.04. The van der Waals surface area contributed by atoms with Gasteiger partial charge in [-0.05, 0) is 18.2 Å². The number of aromatic nitrogens is 4. The van der Waals surface area contributed by atoms with Crippen molar-refractivity contribution in [2.45, 2.75) is 6.54 Å². The lowest BCUT2D eigenvalue weighted by molar-refractivity contribution is 0.199. The van der Waals surface area contributed by atoms with Crippen LogP contribution in [0.25, 0.3) is 15.9 Å². The summed E-state index contributed by atoms with van der Waals surface area (Å²) in [5.41, 5.74) is 4.77. The molecular formula is C13H15N5OS. The topological polar surface area (TPSA) is 64.9 Å². The fourth-order valence-electron chi connectivity index (χ4n) is 1.88. The van der Waals surface area contributed by atoms with Gasteiger partial charge in [-0.3, -0.25) is 0 Å². The Bertz CT molecular complexity index is 693. The van der Waals surface area contributed by atoms with E-state index in [0.29, 0.717) is 13.2 Å². The quantitative estimate of drug-likeness (QED) is 0.698. The average molecular weight is 289 g/mol. The van der Waals surface area contributed by atoms with Gasteiger partial charge in [-0.1, -0.05) is 5.21 Å². The molecule has 0 aliphatic heterocycles. The molecule has 6 nitrogen and oxygen atoms in total. The predicted molar refractivity (Wildman–Crippen MR) is 78.1 cm³/mol. The summed E-state index contributed by atoms with van der Waals surface area (Å²) in [4.78, 5) is 4.27. The normalized spacial score (nSPS) is 11.2. The maximum atomic E-state index is 4.98. The minimum Gasteiger partial charge on any atom is -0.383 e. The van der Waals surface area contributed by atoms with Crippen molar-refractivity contribution in [2.24, 2.45) is 0 Å². The van der Waals surface area contributed by atoms with Gasteiger partial charge in [-0.2, -0.15) is 0 Å². The first kappa shape index (κ1) is 13.2. The van der Waals surface area contributed by atoms with E-state index in [2.05, 4.69) is 26.7 Å². The Morgan fingerprint density at radius 3 is 3.25 bits per heavy atom. The second-order valence-electron chi connectivity index (χ2n) is 4.33. The molecule has 104 valence electrons. The third-order valence-electron chi connectivity index (χ3n) is 2.91. The number of ether oxygens (including phenoxy) is 1. The summed E-state index contributed by atoms with van der Waals surface area (Å²) in [6, 6.07) is 6.07. The predicted octanol–water partition coefficient (Wildman–Crippen LogP) is 1.61. The van der Waals surface area contributed by atoms with E-state index in [1.165, 1.54) is 0 Å². The number of benzene rings is 1. The molecule has 0 fully saturated rings. The first-order valence-corrected chi connectivity index (χ1v) is 7.19. The summed E-state index contributed by atoms with van der Waals surface area (Å²) in [7, 11) is 1.69. The number of rotatable bonds is 6. The van der Waals surface area contributed by atoms with Gasteiger partial charge in [0.2, 0.25) is 0 Å². The van der Waals surface area contributed by atoms with Crippen LogP contribution < -0.4 is 5.32 Å². The van der Waals surface area contributed by atoms with Crippen molar-refractivity contribution in [1.29, 1.82) is 0 Å². The molecule has 0 aliphatic rings. The van der Waals surface area contributed by atoms with Gasteiger partial charge in [0.25, 0.3) is 0 Å². The van der Waals surface area contributed by atoms with Crippen LogP contribution >= 0.6 is 11.3 Å². The molecule has 0 radical (unpaired) electrons. The lowest BCUT2D eigenvalue weighted by Crippen LogP contribution is -2.18. The summed E-state index contributed by atoms with van der Waals surface area (Å²) in [6.07, 6.45) is 1.93. The number of nitrogens with one attached hydrogen (secondary N) is 1. The largest absolute Gasteiger partial charge is 0.383 e. The summed E-state index contributed by atoms with van der Waals surface area (Å²) in [5.74, 6) is 0. The zero-order chi connectivity index (χ0) is 13.8. The maximum absolute atomic E-state index is 4.98. The zero-order valence-electron chi connectivity index (χ0n) is 11.1. The first-order chi connectivity index (χ1) is 9.86. The number of fused-ring (bicyclic) bond motifs is 1. The van der Waals surface area contributed by atoms with Gasteiger partial charge in [0.15, 0.2) is 0 Å². The fourth-order valence-corrected chi connectivity index (χ4v) is 2.59. The third kappa shape index (κ3) is 2.84. The van der Waals surface area contributed by atoms with Gasteiger partial charge in [-0.15, -0.1) is 16.4 Å². The summed E-state index contributed by atoms with van der Waals surface area (Å²) < 4.78 is 7.91. The van der Waals surface area contributed by atoms with Gasteiger partial charge in [0, 0.05) is 20.2 Å². The second kappa shape index (κ2) is 6.08. The molecule has 0 spiro atoms. The van der Waals surface area contributed by atoms with Crippen molar-refractivity contribution in [1.82, 2.24) is 25.3 Å². The Morgan fingerprint density at radius 2 is 2.35 bits per heavy atom. The van der Waals surface area contributed by atoms with E-state index in [1.807, 2.05) is 23.8 Å². The van der Waals surface area contributed by atoms with Crippen molar-refractivity contribution in [3.8, 4) is 5.69 Å². The molecule has 0 amide bonds. The molecule has 0 saturated heterocycles. The molecule has 2 aromatic heterocycles. The average Bonchev–Trinajstić information content (AvgIpc) is 3.11. The molecule has 0 bridgehead atoms. The monoisotopic (exact) mass is 289 g/mol. The molecular weight excluding hydrogens is 274 g/mol. The smallest absolute Gasteiger partial charge is 0.0969 e. The van der Waals surface area contributed by atoms with E-state index in [4.69, 9.17) is 4.74 Å². The molecule has 1 N–H and O–H groups in total. The first-order valence-electron chi connectivity index (χ1n) is 6.31. The van der Waals surface area contributed by atoms with E-state index in [-0.39, 0.29) is 0 Å². The summed E-state index contributed by atoms with van der Waals surface area (Å²) in [5, 5.41) is 11.6. The van der Waals surface area contributed by atoms with E-state index < -0.39 is 0 Å². The molecule has 3 aromatic rings. The van der Waals surface area contributed by atoms with Crippen LogP contribution in [0.5, 0.6) is 0 Å². The number of hydrogen-bond donors (Lipinski definition) is 1. The molecule has 3 rings (SSSR count). The van der Waals surface area contributed by atoms with Gasteiger partial charge in [0.1, 0.15) is 0 Å². The van der Waals surface area contributed by atoms with Crippen LogP contribution in [0.1, 0.15) is 5.69 Å². The van der Waals surface area contributed by atoms with Gasteiger partial charge < -0.3 is 10.1 Å². The van der Waals surface area contributed by atoms with Crippen molar-refractivity contribution in [3.63, 3.8) is 0 Å². The Hall–Kier alpha value is -1.83. The second-order valence-corrected chi connectivity index (χ2v) is 5.21. The molecule has 7 heteroatoms. The van der Waals surface area contributed by atoms with E-state index in [1.54, 1.807) is 23.1 Å². The summed E-state index contributed by atoms with van der Waals surface area (Å²) in [6.45, 7) is 2.18. The number of methoxy groups -OCH3 is 1. The number of hydrogen-bond acceptors (Lipinski definition) is 6. The molecule has 0 unspecified atom stereocenters. The standard InChI is InChI=1S/C13H15N5OS/c1-19-5-4-14-7-10-8-18(17-16-10)11-2-3-12-13(6-11)20-9-15-12/h2-3,6,8-9,14H,4-5,7H2,1H3. The molecule has 0 atom stereocenters. The number of thiazole rings is 1. The maximum Gasteiger partial charge on any atom is 0.0969 e. The molecule has 2 heterocycles. The Kier molecular flexibility index (Phi) is 4.00. The Morgan fingerprint density at radius 1 is 1.40 bits per heavy atom. The van der Waals surface area contributed by atoms with Gasteiger partial charge in [-0.25, -0.2) is 9.67 Å². The fraction of sp³-hybridized carbons (Fsp3) is 0.308. The van der Waals surface area contributed by atoms with E-state index >= 15 is 0 Å². The SMILES string of the molecule is COCCNCc1cn(-c2ccc3ncsc3c2)nn1. The van der Waals surface area contributed by atoms with Gasteiger partial charge in [0.05, 0.1) is 39.9 Å². The lowest BCUT2D eigenvalue weighted by Gasteiger charge is -2.00. The van der Waals surface area contributed by atoms with Crippen molar-refractivity contribution in [3.05, 3.63) is 35.6 Å². The van der Waals surface area contributed by atoms with E-state index in [9.17, 15) is 0 Å². The van der Waals surface area contributed by atoms with Crippen LogP contribution in [0.2, 0.25) is 0 Å². The van der Waals surface area contributed by atoms with Crippen molar-refractivity contribution >= 4 is 21.6 Å².